The number of hydrogen-bond acceptors (Lipinski definition) is 4. The number of thiophene rings is 1. The minimum absolute atomic E-state index is 0.147. The zero-order valence-corrected chi connectivity index (χ0v) is 9.39. The van der Waals surface area contributed by atoms with Crippen LogP contribution in [0, 0.1) is 11.3 Å². The first-order valence-corrected chi connectivity index (χ1v) is 5.29. The maximum Gasteiger partial charge on any atom is 0.263 e. The maximum atomic E-state index is 11.7. The molecule has 2 N–H and O–H groups in total. The van der Waals surface area contributed by atoms with Crippen LogP contribution in [-0.4, -0.2) is 23.2 Å². The molecule has 0 aliphatic rings. The number of hydrogen-bond donors (Lipinski definition) is 2. The van der Waals surface area contributed by atoms with E-state index in [0.29, 0.717) is 10.4 Å². The number of rotatable bonds is 3. The first-order valence-electron chi connectivity index (χ1n) is 4.41. The summed E-state index contributed by atoms with van der Waals surface area (Å²) >= 11 is 1.22. The lowest BCUT2D eigenvalue weighted by Gasteiger charge is -2.22. The SMILES string of the molecule is CC(C)(CO)NC(=O)c1sccc1C#N. The van der Waals surface area contributed by atoms with Crippen LogP contribution in [0.5, 0.6) is 0 Å². The summed E-state index contributed by atoms with van der Waals surface area (Å²) < 4.78 is 0. The second-order valence-electron chi connectivity index (χ2n) is 3.77. The van der Waals surface area contributed by atoms with E-state index in [-0.39, 0.29) is 12.5 Å². The summed E-state index contributed by atoms with van der Waals surface area (Å²) in [7, 11) is 0. The molecule has 0 bridgehead atoms. The summed E-state index contributed by atoms with van der Waals surface area (Å²) in [5.41, 5.74) is -0.306. The van der Waals surface area contributed by atoms with E-state index in [1.165, 1.54) is 11.3 Å². The average molecular weight is 224 g/mol. The van der Waals surface area contributed by atoms with Gasteiger partial charge in [-0.15, -0.1) is 11.3 Å². The van der Waals surface area contributed by atoms with E-state index in [9.17, 15) is 4.79 Å². The van der Waals surface area contributed by atoms with E-state index < -0.39 is 5.54 Å². The minimum Gasteiger partial charge on any atom is -0.394 e. The molecule has 0 unspecified atom stereocenters. The molecule has 5 heteroatoms. The molecule has 4 nitrogen and oxygen atoms in total. The van der Waals surface area contributed by atoms with Gasteiger partial charge in [-0.1, -0.05) is 0 Å². The second-order valence-corrected chi connectivity index (χ2v) is 4.69. The van der Waals surface area contributed by atoms with Gasteiger partial charge in [0.15, 0.2) is 0 Å². The Morgan fingerprint density at radius 2 is 2.40 bits per heavy atom. The summed E-state index contributed by atoms with van der Waals surface area (Å²) in [6.45, 7) is 3.28. The van der Waals surface area contributed by atoms with Crippen LogP contribution in [0.2, 0.25) is 0 Å². The van der Waals surface area contributed by atoms with Gasteiger partial charge in [-0.2, -0.15) is 5.26 Å². The standard InChI is InChI=1S/C10H12N2O2S/c1-10(2,6-13)12-9(14)8-7(5-11)3-4-15-8/h3-4,13H,6H2,1-2H3,(H,12,14). The number of nitrogens with one attached hydrogen (secondary N) is 1. The second kappa shape index (κ2) is 4.43. The molecule has 1 amide bonds. The normalized spacial score (nSPS) is 10.8. The number of carbonyl (C=O) groups excluding carboxylic acids is 1. The molecule has 0 spiro atoms. The zero-order valence-electron chi connectivity index (χ0n) is 8.57. The molecule has 80 valence electrons. The Morgan fingerprint density at radius 1 is 1.73 bits per heavy atom. The van der Waals surface area contributed by atoms with E-state index >= 15 is 0 Å². The summed E-state index contributed by atoms with van der Waals surface area (Å²) in [6.07, 6.45) is 0. The third-order valence-corrected chi connectivity index (χ3v) is 2.75. The Kier molecular flexibility index (Phi) is 3.45. The Labute approximate surface area is 92.2 Å². The van der Waals surface area contributed by atoms with Crippen LogP contribution >= 0.6 is 11.3 Å². The molecule has 0 aliphatic carbocycles. The van der Waals surface area contributed by atoms with Crippen molar-refractivity contribution < 1.29 is 9.90 Å². The van der Waals surface area contributed by atoms with Crippen LogP contribution < -0.4 is 5.32 Å². The molecule has 15 heavy (non-hydrogen) atoms. The van der Waals surface area contributed by atoms with Gasteiger partial charge in [-0.25, -0.2) is 0 Å². The van der Waals surface area contributed by atoms with Gasteiger partial charge in [0, 0.05) is 0 Å². The summed E-state index contributed by atoms with van der Waals surface area (Å²) in [4.78, 5) is 12.1. The summed E-state index contributed by atoms with van der Waals surface area (Å²) in [6, 6.07) is 3.55. The van der Waals surface area contributed by atoms with Gasteiger partial charge in [0.2, 0.25) is 0 Å². The molecule has 0 saturated carbocycles. The summed E-state index contributed by atoms with van der Waals surface area (Å²) in [5.74, 6) is -0.319. The molecule has 0 atom stereocenters. The highest BCUT2D eigenvalue weighted by Gasteiger charge is 2.22. The third kappa shape index (κ3) is 2.78. The molecule has 1 aromatic rings. The van der Waals surface area contributed by atoms with Gasteiger partial charge < -0.3 is 10.4 Å². The van der Waals surface area contributed by atoms with Crippen molar-refractivity contribution in [3.63, 3.8) is 0 Å². The number of aliphatic hydroxyl groups excluding tert-OH is 1. The largest absolute Gasteiger partial charge is 0.394 e. The lowest BCUT2D eigenvalue weighted by Crippen LogP contribution is -2.46. The summed E-state index contributed by atoms with van der Waals surface area (Å²) in [5, 5.41) is 22.1. The first kappa shape index (κ1) is 11.7. The fourth-order valence-electron chi connectivity index (χ4n) is 0.977. The average Bonchev–Trinajstić information content (AvgIpc) is 2.64. The van der Waals surface area contributed by atoms with Crippen molar-refractivity contribution in [3.8, 4) is 6.07 Å². The molecular weight excluding hydrogens is 212 g/mol. The fourth-order valence-corrected chi connectivity index (χ4v) is 1.72. The molecule has 0 fully saturated rings. The quantitative estimate of drug-likeness (QED) is 0.808. The molecule has 1 rings (SSSR count). The van der Waals surface area contributed by atoms with Crippen molar-refractivity contribution in [1.82, 2.24) is 5.32 Å². The predicted molar refractivity (Wildman–Crippen MR) is 57.7 cm³/mol. The molecular formula is C10H12N2O2S. The smallest absolute Gasteiger partial charge is 0.263 e. The van der Waals surface area contributed by atoms with Gasteiger partial charge >= 0.3 is 0 Å². The Bertz CT molecular complexity index is 404. The van der Waals surface area contributed by atoms with Crippen LogP contribution in [0.1, 0.15) is 29.1 Å². The Balaban J connectivity index is 2.83. The van der Waals surface area contributed by atoms with Crippen LogP contribution in [0.25, 0.3) is 0 Å². The fraction of sp³-hybridized carbons (Fsp3) is 0.400. The molecule has 0 saturated heterocycles. The minimum atomic E-state index is -0.673. The van der Waals surface area contributed by atoms with Crippen LogP contribution in [0.15, 0.2) is 11.4 Å². The van der Waals surface area contributed by atoms with Gasteiger partial charge in [0.25, 0.3) is 5.91 Å². The van der Waals surface area contributed by atoms with Crippen LogP contribution in [0.3, 0.4) is 0 Å². The van der Waals surface area contributed by atoms with Gasteiger partial charge in [-0.3, -0.25) is 4.79 Å². The highest BCUT2D eigenvalue weighted by molar-refractivity contribution is 7.12. The molecule has 1 aromatic heterocycles. The van der Waals surface area contributed by atoms with E-state index in [1.807, 2.05) is 6.07 Å². The van der Waals surface area contributed by atoms with E-state index in [0.717, 1.165) is 0 Å². The first-order chi connectivity index (χ1) is 7.00. The van der Waals surface area contributed by atoms with Crippen LogP contribution in [-0.2, 0) is 0 Å². The van der Waals surface area contributed by atoms with Crippen molar-refractivity contribution >= 4 is 17.2 Å². The van der Waals surface area contributed by atoms with Gasteiger partial charge in [0.1, 0.15) is 10.9 Å². The van der Waals surface area contributed by atoms with E-state index in [1.54, 1.807) is 25.3 Å². The van der Waals surface area contributed by atoms with Crippen molar-refractivity contribution in [1.29, 1.82) is 5.26 Å². The van der Waals surface area contributed by atoms with Crippen molar-refractivity contribution in [2.24, 2.45) is 0 Å². The predicted octanol–water partition coefficient (Wildman–Crippen LogP) is 1.12. The van der Waals surface area contributed by atoms with Crippen molar-refractivity contribution in [2.45, 2.75) is 19.4 Å². The van der Waals surface area contributed by atoms with Gasteiger partial charge in [0.05, 0.1) is 17.7 Å². The van der Waals surface area contributed by atoms with Crippen molar-refractivity contribution in [2.75, 3.05) is 6.61 Å². The highest BCUT2D eigenvalue weighted by Crippen LogP contribution is 2.16. The van der Waals surface area contributed by atoms with E-state index in [4.69, 9.17) is 10.4 Å². The molecule has 0 radical (unpaired) electrons. The molecule has 0 aromatic carbocycles. The van der Waals surface area contributed by atoms with Crippen LogP contribution in [0.4, 0.5) is 0 Å². The highest BCUT2D eigenvalue weighted by atomic mass is 32.1. The maximum absolute atomic E-state index is 11.7. The zero-order chi connectivity index (χ0) is 11.5. The number of aliphatic hydroxyl groups is 1. The Morgan fingerprint density at radius 3 is 2.93 bits per heavy atom. The van der Waals surface area contributed by atoms with E-state index in [2.05, 4.69) is 5.32 Å². The Hall–Kier alpha value is -1.38. The topological polar surface area (TPSA) is 73.1 Å². The van der Waals surface area contributed by atoms with Gasteiger partial charge in [-0.05, 0) is 25.3 Å². The number of carbonyl (C=O) groups is 1. The number of nitrogens with zero attached hydrogens (tertiary/aromatic N) is 1. The lowest BCUT2D eigenvalue weighted by molar-refractivity contribution is 0.0873. The lowest BCUT2D eigenvalue weighted by atomic mass is 10.1. The third-order valence-electron chi connectivity index (χ3n) is 1.84. The van der Waals surface area contributed by atoms with Crippen molar-refractivity contribution in [3.05, 3.63) is 21.9 Å². The molecule has 1 heterocycles. The molecule has 0 aliphatic heterocycles. The monoisotopic (exact) mass is 224 g/mol. The number of amides is 1. The number of nitriles is 1.